The van der Waals surface area contributed by atoms with Gasteiger partial charge in [0.2, 0.25) is 17.6 Å². The highest BCUT2D eigenvalue weighted by Crippen LogP contribution is 2.16. The fraction of sp³-hybridized carbons (Fsp3) is 0.438. The number of benzene rings is 1. The molecule has 0 radical (unpaired) electrons. The van der Waals surface area contributed by atoms with E-state index < -0.39 is 0 Å². The molecule has 1 amide bonds. The molecule has 0 atom stereocenters. The second-order valence-electron chi connectivity index (χ2n) is 5.58. The first kappa shape index (κ1) is 15.2. The van der Waals surface area contributed by atoms with Crippen LogP contribution < -0.4 is 5.32 Å². The number of aryl methyl sites for hydroxylation is 1. The molecular weight excluding hydrogens is 266 g/mol. The lowest BCUT2D eigenvalue weighted by molar-refractivity contribution is -0.121. The van der Waals surface area contributed by atoms with Gasteiger partial charge in [0, 0.05) is 24.9 Å². The maximum atomic E-state index is 11.5. The van der Waals surface area contributed by atoms with E-state index in [0.29, 0.717) is 37.0 Å². The van der Waals surface area contributed by atoms with Gasteiger partial charge in [-0.2, -0.15) is 4.98 Å². The Kier molecular flexibility index (Phi) is 5.09. The Hall–Kier alpha value is -2.17. The maximum absolute atomic E-state index is 11.5. The van der Waals surface area contributed by atoms with Crippen molar-refractivity contribution in [1.82, 2.24) is 15.5 Å². The number of hydrogen-bond acceptors (Lipinski definition) is 4. The van der Waals surface area contributed by atoms with Gasteiger partial charge in [-0.25, -0.2) is 0 Å². The minimum absolute atomic E-state index is 0.0587. The minimum atomic E-state index is 0.0587. The van der Waals surface area contributed by atoms with E-state index >= 15 is 0 Å². The number of aromatic nitrogens is 2. The first-order valence-corrected chi connectivity index (χ1v) is 7.21. The van der Waals surface area contributed by atoms with Crippen molar-refractivity contribution < 1.29 is 9.32 Å². The first-order chi connectivity index (χ1) is 10.0. The van der Waals surface area contributed by atoms with Crippen molar-refractivity contribution in [3.8, 4) is 11.4 Å². The van der Waals surface area contributed by atoms with Crippen molar-refractivity contribution >= 4 is 5.91 Å². The van der Waals surface area contributed by atoms with Gasteiger partial charge < -0.3 is 9.84 Å². The molecule has 0 aliphatic carbocycles. The number of carbonyl (C=O) groups is 1. The van der Waals surface area contributed by atoms with Crippen LogP contribution in [0.1, 0.15) is 31.7 Å². The largest absolute Gasteiger partial charge is 0.356 e. The van der Waals surface area contributed by atoms with Crippen molar-refractivity contribution in [2.45, 2.75) is 33.6 Å². The number of amides is 1. The highest BCUT2D eigenvalue weighted by molar-refractivity contribution is 5.76. The summed E-state index contributed by atoms with van der Waals surface area (Å²) < 4.78 is 5.21. The molecule has 2 rings (SSSR count). The van der Waals surface area contributed by atoms with Crippen LogP contribution >= 0.6 is 0 Å². The van der Waals surface area contributed by atoms with Crippen LogP contribution in [0.4, 0.5) is 0 Å². The quantitative estimate of drug-likeness (QED) is 0.887. The summed E-state index contributed by atoms with van der Waals surface area (Å²) in [5.41, 5.74) is 2.09. The van der Waals surface area contributed by atoms with Crippen LogP contribution in [0.15, 0.2) is 28.8 Å². The Bertz CT molecular complexity index is 605. The molecule has 5 heteroatoms. The molecule has 0 bridgehead atoms. The molecule has 21 heavy (non-hydrogen) atoms. The fourth-order valence-corrected chi connectivity index (χ4v) is 2.01. The zero-order valence-corrected chi connectivity index (χ0v) is 12.7. The van der Waals surface area contributed by atoms with Gasteiger partial charge in [0.15, 0.2) is 0 Å². The third-order valence-corrected chi connectivity index (χ3v) is 3.00. The van der Waals surface area contributed by atoms with E-state index in [1.165, 1.54) is 0 Å². The normalized spacial score (nSPS) is 10.9. The van der Waals surface area contributed by atoms with E-state index in [1.807, 2.05) is 45.0 Å². The lowest BCUT2D eigenvalue weighted by Crippen LogP contribution is -2.26. The summed E-state index contributed by atoms with van der Waals surface area (Å²) in [5.74, 6) is 1.54. The Morgan fingerprint density at radius 2 is 2.19 bits per heavy atom. The summed E-state index contributed by atoms with van der Waals surface area (Å²) in [7, 11) is 0. The molecule has 0 saturated carbocycles. The van der Waals surface area contributed by atoms with E-state index in [-0.39, 0.29) is 5.91 Å². The summed E-state index contributed by atoms with van der Waals surface area (Å²) in [4.78, 5) is 15.9. The van der Waals surface area contributed by atoms with Crippen LogP contribution in [-0.4, -0.2) is 22.6 Å². The van der Waals surface area contributed by atoms with Crippen molar-refractivity contribution in [3.63, 3.8) is 0 Å². The lowest BCUT2D eigenvalue weighted by Gasteiger charge is -2.05. The van der Waals surface area contributed by atoms with Crippen molar-refractivity contribution in [3.05, 3.63) is 35.7 Å². The third kappa shape index (κ3) is 4.70. The van der Waals surface area contributed by atoms with Crippen molar-refractivity contribution in [1.29, 1.82) is 0 Å². The Labute approximate surface area is 124 Å². The molecule has 2 aromatic rings. The van der Waals surface area contributed by atoms with Gasteiger partial charge in [0.05, 0.1) is 0 Å². The molecule has 1 aromatic carbocycles. The van der Waals surface area contributed by atoms with E-state index in [9.17, 15) is 4.79 Å². The van der Waals surface area contributed by atoms with E-state index in [1.54, 1.807) is 0 Å². The predicted octanol–water partition coefficient (Wildman–Crippen LogP) is 2.75. The molecule has 0 fully saturated rings. The Morgan fingerprint density at radius 3 is 2.90 bits per heavy atom. The Balaban J connectivity index is 1.88. The van der Waals surface area contributed by atoms with Crippen LogP contribution in [-0.2, 0) is 11.2 Å². The highest BCUT2D eigenvalue weighted by Gasteiger charge is 2.09. The SMILES string of the molecule is Cc1cccc(-c2noc(CCNC(=O)CC(C)C)n2)c1. The highest BCUT2D eigenvalue weighted by atomic mass is 16.5. The van der Waals surface area contributed by atoms with Crippen LogP contribution in [0.25, 0.3) is 11.4 Å². The molecule has 0 aliphatic heterocycles. The number of nitrogens with zero attached hydrogens (tertiary/aromatic N) is 2. The topological polar surface area (TPSA) is 68.0 Å². The van der Waals surface area contributed by atoms with Gasteiger partial charge in [-0.1, -0.05) is 42.8 Å². The van der Waals surface area contributed by atoms with Crippen molar-refractivity contribution in [2.24, 2.45) is 5.92 Å². The molecular formula is C16H21N3O2. The van der Waals surface area contributed by atoms with Gasteiger partial charge in [-0.3, -0.25) is 4.79 Å². The van der Waals surface area contributed by atoms with Crippen LogP contribution in [0.5, 0.6) is 0 Å². The predicted molar refractivity (Wildman–Crippen MR) is 80.6 cm³/mol. The standard InChI is InChI=1S/C16H21N3O2/c1-11(2)9-14(20)17-8-7-15-18-16(19-21-15)13-6-4-5-12(3)10-13/h4-6,10-11H,7-9H2,1-3H3,(H,17,20). The molecule has 0 aliphatic rings. The van der Waals surface area contributed by atoms with E-state index in [0.717, 1.165) is 11.1 Å². The zero-order chi connectivity index (χ0) is 15.2. The van der Waals surface area contributed by atoms with Gasteiger partial charge >= 0.3 is 0 Å². The number of nitrogens with one attached hydrogen (secondary N) is 1. The summed E-state index contributed by atoms with van der Waals surface area (Å²) >= 11 is 0. The Morgan fingerprint density at radius 1 is 1.38 bits per heavy atom. The van der Waals surface area contributed by atoms with Crippen LogP contribution in [0, 0.1) is 12.8 Å². The molecule has 1 heterocycles. The van der Waals surface area contributed by atoms with E-state index in [4.69, 9.17) is 4.52 Å². The molecule has 5 nitrogen and oxygen atoms in total. The zero-order valence-electron chi connectivity index (χ0n) is 12.7. The van der Waals surface area contributed by atoms with Crippen LogP contribution in [0.2, 0.25) is 0 Å². The maximum Gasteiger partial charge on any atom is 0.228 e. The molecule has 0 unspecified atom stereocenters. The summed E-state index contributed by atoms with van der Waals surface area (Å²) in [6.45, 7) is 6.58. The first-order valence-electron chi connectivity index (χ1n) is 7.21. The number of hydrogen-bond donors (Lipinski definition) is 1. The van der Waals surface area contributed by atoms with E-state index in [2.05, 4.69) is 15.5 Å². The average molecular weight is 287 g/mol. The third-order valence-electron chi connectivity index (χ3n) is 3.00. The summed E-state index contributed by atoms with van der Waals surface area (Å²) in [5, 5.41) is 6.83. The fourth-order valence-electron chi connectivity index (χ4n) is 2.01. The minimum Gasteiger partial charge on any atom is -0.356 e. The van der Waals surface area contributed by atoms with Crippen LogP contribution in [0.3, 0.4) is 0 Å². The van der Waals surface area contributed by atoms with Gasteiger partial charge in [-0.05, 0) is 18.9 Å². The van der Waals surface area contributed by atoms with Gasteiger partial charge in [0.25, 0.3) is 0 Å². The summed E-state index contributed by atoms with van der Waals surface area (Å²) in [6.07, 6.45) is 1.08. The average Bonchev–Trinajstić information content (AvgIpc) is 2.86. The van der Waals surface area contributed by atoms with Gasteiger partial charge in [-0.15, -0.1) is 0 Å². The lowest BCUT2D eigenvalue weighted by atomic mass is 10.1. The molecule has 1 aromatic heterocycles. The molecule has 1 N–H and O–H groups in total. The monoisotopic (exact) mass is 287 g/mol. The summed E-state index contributed by atoms with van der Waals surface area (Å²) in [6, 6.07) is 7.95. The molecule has 0 saturated heterocycles. The van der Waals surface area contributed by atoms with Crippen molar-refractivity contribution in [2.75, 3.05) is 6.54 Å². The number of carbonyl (C=O) groups excluding carboxylic acids is 1. The number of rotatable bonds is 6. The van der Waals surface area contributed by atoms with Gasteiger partial charge in [0.1, 0.15) is 0 Å². The second-order valence-corrected chi connectivity index (χ2v) is 5.58. The second kappa shape index (κ2) is 7.02. The smallest absolute Gasteiger partial charge is 0.228 e. The molecule has 112 valence electrons. The molecule has 0 spiro atoms.